The number of primary sulfonamides is 1. The van der Waals surface area contributed by atoms with Gasteiger partial charge >= 0.3 is 0 Å². The molecule has 0 atom stereocenters. The fourth-order valence-electron chi connectivity index (χ4n) is 3.56. The highest BCUT2D eigenvalue weighted by Gasteiger charge is 2.20. The molecule has 28 heavy (non-hydrogen) atoms. The van der Waals surface area contributed by atoms with Crippen LogP contribution in [0.15, 0.2) is 47.4 Å². The minimum absolute atomic E-state index is 0.0614. The number of nitrogens with zero attached hydrogens (tertiary/aromatic N) is 2. The van der Waals surface area contributed by atoms with Crippen molar-refractivity contribution in [2.75, 3.05) is 37.6 Å². The normalized spacial score (nSPS) is 15.6. The molecule has 0 bridgehead atoms. The van der Waals surface area contributed by atoms with E-state index in [0.29, 0.717) is 13.0 Å². The van der Waals surface area contributed by atoms with E-state index in [9.17, 15) is 13.2 Å². The second kappa shape index (κ2) is 8.43. The molecule has 0 radical (unpaired) electrons. The van der Waals surface area contributed by atoms with Gasteiger partial charge < -0.3 is 4.90 Å². The molecule has 2 aromatic carbocycles. The van der Waals surface area contributed by atoms with Gasteiger partial charge in [-0.1, -0.05) is 24.3 Å². The van der Waals surface area contributed by atoms with Crippen LogP contribution < -0.4 is 10.0 Å². The molecule has 1 fully saturated rings. The van der Waals surface area contributed by atoms with E-state index in [0.717, 1.165) is 31.7 Å². The van der Waals surface area contributed by atoms with E-state index >= 15 is 0 Å². The summed E-state index contributed by atoms with van der Waals surface area (Å²) in [6, 6.07) is 12.6. The lowest BCUT2D eigenvalue weighted by molar-refractivity contribution is -0.119. The third-order valence-electron chi connectivity index (χ3n) is 5.34. The summed E-state index contributed by atoms with van der Waals surface area (Å²) in [6.07, 6.45) is 0.294. The Balaban J connectivity index is 1.52. The first-order valence-corrected chi connectivity index (χ1v) is 11.0. The number of aryl methyl sites for hydroxylation is 1. The first-order chi connectivity index (χ1) is 13.2. The van der Waals surface area contributed by atoms with E-state index in [2.05, 4.69) is 41.8 Å². The molecule has 1 heterocycles. The molecule has 2 aromatic rings. The molecule has 2 N–H and O–H groups in total. The second-order valence-electron chi connectivity index (χ2n) is 7.39. The number of hydrogen-bond acceptors (Lipinski definition) is 5. The van der Waals surface area contributed by atoms with Crippen LogP contribution in [0.2, 0.25) is 0 Å². The van der Waals surface area contributed by atoms with E-state index in [1.54, 1.807) is 12.1 Å². The summed E-state index contributed by atoms with van der Waals surface area (Å²) < 4.78 is 22.6. The monoisotopic (exact) mass is 401 g/mol. The van der Waals surface area contributed by atoms with Crippen molar-refractivity contribution in [1.29, 1.82) is 0 Å². The molecular formula is C21H27N3O3S. The van der Waals surface area contributed by atoms with Gasteiger partial charge in [0.05, 0.1) is 11.4 Å². The van der Waals surface area contributed by atoms with Crippen molar-refractivity contribution >= 4 is 21.5 Å². The molecule has 1 aliphatic heterocycles. The van der Waals surface area contributed by atoms with Gasteiger partial charge in [0, 0.05) is 38.3 Å². The van der Waals surface area contributed by atoms with Gasteiger partial charge in [0.1, 0.15) is 0 Å². The van der Waals surface area contributed by atoms with E-state index in [-0.39, 0.29) is 10.7 Å². The SMILES string of the molecule is Cc1cccc(N2CCN(CC(=O)Cc3ccc(S(N)(=O)=O)cc3)CC2)c1C. The number of Topliss-reactive ketones (excluding diaryl/α,β-unsaturated/α-hetero) is 1. The van der Waals surface area contributed by atoms with Gasteiger partial charge in [-0.3, -0.25) is 9.69 Å². The predicted molar refractivity (Wildman–Crippen MR) is 111 cm³/mol. The lowest BCUT2D eigenvalue weighted by Gasteiger charge is -2.36. The maximum Gasteiger partial charge on any atom is 0.238 e. The first-order valence-electron chi connectivity index (χ1n) is 9.41. The highest BCUT2D eigenvalue weighted by molar-refractivity contribution is 7.89. The Morgan fingerprint density at radius 2 is 1.64 bits per heavy atom. The van der Waals surface area contributed by atoms with Gasteiger partial charge in [0.25, 0.3) is 0 Å². The predicted octanol–water partition coefficient (Wildman–Crippen LogP) is 1.88. The number of nitrogens with two attached hydrogens (primary N) is 1. The lowest BCUT2D eigenvalue weighted by Crippen LogP contribution is -2.48. The van der Waals surface area contributed by atoms with Crippen LogP contribution in [0.5, 0.6) is 0 Å². The highest BCUT2D eigenvalue weighted by Crippen LogP contribution is 2.23. The number of sulfonamides is 1. The smallest absolute Gasteiger partial charge is 0.238 e. The van der Waals surface area contributed by atoms with Crippen molar-refractivity contribution in [3.05, 3.63) is 59.2 Å². The molecule has 6 nitrogen and oxygen atoms in total. The fraction of sp³-hybridized carbons (Fsp3) is 0.381. The van der Waals surface area contributed by atoms with Crippen molar-refractivity contribution in [2.45, 2.75) is 25.2 Å². The zero-order chi connectivity index (χ0) is 20.3. The average Bonchev–Trinajstić information content (AvgIpc) is 2.64. The van der Waals surface area contributed by atoms with Crippen LogP contribution >= 0.6 is 0 Å². The topological polar surface area (TPSA) is 83.7 Å². The third-order valence-corrected chi connectivity index (χ3v) is 6.27. The summed E-state index contributed by atoms with van der Waals surface area (Å²) >= 11 is 0. The van der Waals surface area contributed by atoms with Crippen LogP contribution in [-0.4, -0.2) is 51.8 Å². The number of anilines is 1. The maximum absolute atomic E-state index is 12.4. The molecule has 3 rings (SSSR count). The second-order valence-corrected chi connectivity index (χ2v) is 8.95. The number of carbonyl (C=O) groups is 1. The van der Waals surface area contributed by atoms with E-state index in [1.807, 2.05) is 0 Å². The number of rotatable bonds is 6. The summed E-state index contributed by atoms with van der Waals surface area (Å²) in [5.74, 6) is 0.128. The number of ketones is 1. The summed E-state index contributed by atoms with van der Waals surface area (Å²) in [7, 11) is -3.70. The Morgan fingerprint density at radius 3 is 2.25 bits per heavy atom. The minimum Gasteiger partial charge on any atom is -0.369 e. The Labute approximate surface area is 167 Å². The molecule has 0 unspecified atom stereocenters. The molecule has 0 amide bonds. The third kappa shape index (κ3) is 4.98. The Bertz CT molecular complexity index is 947. The number of carbonyl (C=O) groups excluding carboxylic acids is 1. The number of hydrogen-bond donors (Lipinski definition) is 1. The molecule has 0 aliphatic carbocycles. The molecule has 0 aromatic heterocycles. The summed E-state index contributed by atoms with van der Waals surface area (Å²) in [6.45, 7) is 8.21. The first kappa shape index (κ1) is 20.5. The van der Waals surface area contributed by atoms with Crippen LogP contribution in [-0.2, 0) is 21.2 Å². The van der Waals surface area contributed by atoms with Gasteiger partial charge in [-0.15, -0.1) is 0 Å². The Hall–Kier alpha value is -2.22. The molecule has 1 aliphatic rings. The molecule has 0 saturated carbocycles. The zero-order valence-electron chi connectivity index (χ0n) is 16.4. The van der Waals surface area contributed by atoms with Crippen molar-refractivity contribution in [1.82, 2.24) is 4.90 Å². The molecule has 0 spiro atoms. The lowest BCUT2D eigenvalue weighted by atomic mass is 10.1. The van der Waals surface area contributed by atoms with Crippen LogP contribution in [0.4, 0.5) is 5.69 Å². The van der Waals surface area contributed by atoms with Crippen molar-refractivity contribution < 1.29 is 13.2 Å². The van der Waals surface area contributed by atoms with Crippen LogP contribution in [0, 0.1) is 13.8 Å². The quantitative estimate of drug-likeness (QED) is 0.799. The molecule has 7 heteroatoms. The minimum atomic E-state index is -3.70. The Morgan fingerprint density at radius 1 is 1.00 bits per heavy atom. The van der Waals surface area contributed by atoms with E-state index in [1.165, 1.54) is 28.9 Å². The van der Waals surface area contributed by atoms with Crippen molar-refractivity contribution in [3.8, 4) is 0 Å². The molecule has 1 saturated heterocycles. The fourth-order valence-corrected chi connectivity index (χ4v) is 4.07. The van der Waals surface area contributed by atoms with Crippen LogP contribution in [0.1, 0.15) is 16.7 Å². The Kier molecular flexibility index (Phi) is 6.17. The van der Waals surface area contributed by atoms with Crippen LogP contribution in [0.25, 0.3) is 0 Å². The summed E-state index contributed by atoms with van der Waals surface area (Å²) in [5.41, 5.74) is 4.69. The molecular weight excluding hydrogens is 374 g/mol. The van der Waals surface area contributed by atoms with E-state index < -0.39 is 10.0 Å². The van der Waals surface area contributed by atoms with Crippen LogP contribution in [0.3, 0.4) is 0 Å². The largest absolute Gasteiger partial charge is 0.369 e. The zero-order valence-corrected chi connectivity index (χ0v) is 17.2. The van der Waals surface area contributed by atoms with Gasteiger partial charge in [0.2, 0.25) is 10.0 Å². The van der Waals surface area contributed by atoms with Crippen molar-refractivity contribution in [2.24, 2.45) is 5.14 Å². The van der Waals surface area contributed by atoms with Gasteiger partial charge in [0.15, 0.2) is 5.78 Å². The van der Waals surface area contributed by atoms with Gasteiger partial charge in [-0.05, 0) is 48.7 Å². The maximum atomic E-state index is 12.4. The number of piperazine rings is 1. The van der Waals surface area contributed by atoms with Gasteiger partial charge in [-0.2, -0.15) is 0 Å². The number of benzene rings is 2. The summed E-state index contributed by atoms with van der Waals surface area (Å²) in [4.78, 5) is 17.0. The van der Waals surface area contributed by atoms with Gasteiger partial charge in [-0.25, -0.2) is 13.6 Å². The molecule has 150 valence electrons. The van der Waals surface area contributed by atoms with E-state index in [4.69, 9.17) is 5.14 Å². The van der Waals surface area contributed by atoms with Crippen molar-refractivity contribution in [3.63, 3.8) is 0 Å². The summed E-state index contributed by atoms with van der Waals surface area (Å²) in [5, 5.41) is 5.10. The highest BCUT2D eigenvalue weighted by atomic mass is 32.2. The standard InChI is InChI=1S/C21H27N3O3S/c1-16-4-3-5-21(17(16)2)24-12-10-23(11-13-24)15-19(25)14-18-6-8-20(9-7-18)28(22,26)27/h3-9H,10-15H2,1-2H3,(H2,22,26,27). The average molecular weight is 402 g/mol.